The smallest absolute Gasteiger partial charge is 0.342 e. The first kappa shape index (κ1) is 30.9. The number of allylic oxidation sites excluding steroid dienone is 2. The molecule has 1 unspecified atom stereocenters. The summed E-state index contributed by atoms with van der Waals surface area (Å²) in [6.07, 6.45) is 3.83. The van der Waals surface area contributed by atoms with Crippen LogP contribution in [0, 0.1) is 12.8 Å². The fourth-order valence-corrected chi connectivity index (χ4v) is 4.68. The number of rotatable bonds is 14. The van der Waals surface area contributed by atoms with Gasteiger partial charge < -0.3 is 30.3 Å². The van der Waals surface area contributed by atoms with E-state index in [-0.39, 0.29) is 63.2 Å². The number of carboxylic acid groups (broad SMARTS) is 1. The lowest BCUT2D eigenvalue weighted by molar-refractivity contribution is -0.144. The molecule has 0 aromatic heterocycles. The molecule has 0 saturated carbocycles. The van der Waals surface area contributed by atoms with Crippen molar-refractivity contribution < 1.29 is 48.5 Å². The zero-order valence-electron chi connectivity index (χ0n) is 23.1. The number of methoxy groups -OCH3 is 1. The summed E-state index contributed by atoms with van der Waals surface area (Å²) in [5.41, 5.74) is 2.39. The maximum absolute atomic E-state index is 12.4. The van der Waals surface area contributed by atoms with Crippen molar-refractivity contribution in [3.63, 3.8) is 0 Å². The van der Waals surface area contributed by atoms with Crippen molar-refractivity contribution in [2.75, 3.05) is 26.7 Å². The van der Waals surface area contributed by atoms with E-state index in [9.17, 15) is 39.0 Å². The van der Waals surface area contributed by atoms with Gasteiger partial charge >= 0.3 is 11.9 Å². The van der Waals surface area contributed by atoms with Gasteiger partial charge in [-0.1, -0.05) is 11.6 Å². The number of carboxylic acids is 1. The van der Waals surface area contributed by atoms with Gasteiger partial charge in [-0.3, -0.25) is 28.9 Å². The van der Waals surface area contributed by atoms with Crippen molar-refractivity contribution in [2.45, 2.75) is 46.1 Å². The first-order chi connectivity index (χ1) is 19.4. The maximum atomic E-state index is 12.4. The van der Waals surface area contributed by atoms with Crippen LogP contribution in [0.15, 0.2) is 23.8 Å². The highest BCUT2D eigenvalue weighted by molar-refractivity contribution is 6.13. The standard InChI is InChI=1S/C28H33N3O10/c1-15(4-5-18-25(36)24-19(14-41-28(24)39)16(2)26(18)40-3)12-17(27(37)38)13-21(33)30-10-9-29-20(32)8-11-31-22(34)6-7-23(31)35/h4,6-7,17,36H,5,8-14H2,1-3H3,(H,29,32)(H,30,33)(H,37,38). The molecule has 4 amide bonds. The van der Waals surface area contributed by atoms with E-state index in [2.05, 4.69) is 10.6 Å². The molecular weight excluding hydrogens is 538 g/mol. The molecule has 220 valence electrons. The lowest BCUT2D eigenvalue weighted by Gasteiger charge is -2.16. The number of carbonyl (C=O) groups is 6. The predicted octanol–water partition coefficient (Wildman–Crippen LogP) is 0.897. The molecule has 13 heteroatoms. The van der Waals surface area contributed by atoms with Crippen LogP contribution in [0.4, 0.5) is 0 Å². The van der Waals surface area contributed by atoms with Gasteiger partial charge in [0.15, 0.2) is 0 Å². The molecule has 0 bridgehead atoms. The number of nitrogens with zero attached hydrogens (tertiary/aromatic N) is 1. The third kappa shape index (κ3) is 7.50. The second-order valence-electron chi connectivity index (χ2n) is 9.72. The number of hydrogen-bond acceptors (Lipinski definition) is 9. The van der Waals surface area contributed by atoms with Gasteiger partial charge in [0.1, 0.15) is 23.7 Å². The molecule has 1 atom stereocenters. The molecule has 2 aliphatic rings. The van der Waals surface area contributed by atoms with Gasteiger partial charge in [0.2, 0.25) is 11.8 Å². The normalized spacial score (nSPS) is 15.0. The Balaban J connectivity index is 1.48. The van der Waals surface area contributed by atoms with E-state index in [1.807, 2.05) is 0 Å². The second kappa shape index (κ2) is 13.6. The number of phenols is 1. The van der Waals surface area contributed by atoms with Gasteiger partial charge in [0.05, 0.1) is 13.0 Å². The second-order valence-corrected chi connectivity index (χ2v) is 9.72. The number of aliphatic carboxylic acids is 1. The van der Waals surface area contributed by atoms with Gasteiger partial charge in [-0.05, 0) is 32.3 Å². The zero-order chi connectivity index (χ0) is 30.3. The minimum atomic E-state index is -1.15. The summed E-state index contributed by atoms with van der Waals surface area (Å²) in [6.45, 7) is 3.62. The van der Waals surface area contributed by atoms with Crippen LogP contribution < -0.4 is 15.4 Å². The molecule has 3 rings (SSSR count). The molecule has 2 aliphatic heterocycles. The fourth-order valence-electron chi connectivity index (χ4n) is 4.68. The Hall–Kier alpha value is -4.68. The lowest BCUT2D eigenvalue weighted by atomic mass is 9.93. The number of aromatic hydroxyl groups is 1. The molecular formula is C28H33N3O10. The number of amides is 4. The highest BCUT2D eigenvalue weighted by atomic mass is 16.5. The Labute approximate surface area is 236 Å². The van der Waals surface area contributed by atoms with Crippen LogP contribution >= 0.6 is 0 Å². The van der Waals surface area contributed by atoms with Crippen molar-refractivity contribution in [3.8, 4) is 11.5 Å². The van der Waals surface area contributed by atoms with E-state index in [0.29, 0.717) is 28.0 Å². The number of imide groups is 1. The number of ether oxygens (including phenoxy) is 2. The zero-order valence-corrected chi connectivity index (χ0v) is 23.1. The number of esters is 1. The van der Waals surface area contributed by atoms with Crippen LogP contribution in [0.5, 0.6) is 11.5 Å². The summed E-state index contributed by atoms with van der Waals surface area (Å²) in [6, 6.07) is 0. The average Bonchev–Trinajstić information content (AvgIpc) is 3.47. The number of fused-ring (bicyclic) bond motifs is 1. The van der Waals surface area contributed by atoms with E-state index < -0.39 is 41.5 Å². The molecule has 13 nitrogen and oxygen atoms in total. The van der Waals surface area contributed by atoms with Gasteiger partial charge in [-0.2, -0.15) is 0 Å². The van der Waals surface area contributed by atoms with Gasteiger partial charge in [-0.25, -0.2) is 4.79 Å². The highest BCUT2D eigenvalue weighted by Gasteiger charge is 2.32. The summed E-state index contributed by atoms with van der Waals surface area (Å²) in [5.74, 6) is -4.47. The highest BCUT2D eigenvalue weighted by Crippen LogP contribution is 2.42. The Morgan fingerprint density at radius 1 is 1.10 bits per heavy atom. The lowest BCUT2D eigenvalue weighted by Crippen LogP contribution is -2.38. The predicted molar refractivity (Wildman–Crippen MR) is 143 cm³/mol. The van der Waals surface area contributed by atoms with Crippen LogP contribution in [0.3, 0.4) is 0 Å². The number of nitrogens with one attached hydrogen (secondary N) is 2. The molecule has 1 aromatic rings. The number of hydrogen-bond donors (Lipinski definition) is 4. The van der Waals surface area contributed by atoms with Crippen molar-refractivity contribution in [1.29, 1.82) is 0 Å². The van der Waals surface area contributed by atoms with E-state index >= 15 is 0 Å². The number of cyclic esters (lactones) is 1. The Kier molecular flexibility index (Phi) is 10.2. The molecule has 0 aliphatic carbocycles. The van der Waals surface area contributed by atoms with Gasteiger partial charge in [-0.15, -0.1) is 0 Å². The fraction of sp³-hybridized carbons (Fsp3) is 0.429. The maximum Gasteiger partial charge on any atom is 0.342 e. The monoisotopic (exact) mass is 571 g/mol. The van der Waals surface area contributed by atoms with E-state index in [0.717, 1.165) is 17.1 Å². The van der Waals surface area contributed by atoms with Gasteiger partial charge in [0.25, 0.3) is 11.8 Å². The quantitative estimate of drug-likeness (QED) is 0.108. The molecule has 0 fully saturated rings. The molecule has 1 aromatic carbocycles. The van der Waals surface area contributed by atoms with Gasteiger partial charge in [0, 0.05) is 55.8 Å². The van der Waals surface area contributed by atoms with Crippen LogP contribution in [0.1, 0.15) is 53.2 Å². The summed E-state index contributed by atoms with van der Waals surface area (Å²) >= 11 is 0. The Bertz CT molecular complexity index is 1310. The third-order valence-electron chi connectivity index (χ3n) is 6.88. The molecule has 0 radical (unpaired) electrons. The van der Waals surface area contributed by atoms with Crippen LogP contribution in [0.2, 0.25) is 0 Å². The third-order valence-corrected chi connectivity index (χ3v) is 6.88. The van der Waals surface area contributed by atoms with Crippen molar-refractivity contribution in [2.24, 2.45) is 5.92 Å². The molecule has 4 N–H and O–H groups in total. The minimum Gasteiger partial charge on any atom is -0.507 e. The Morgan fingerprint density at radius 3 is 2.34 bits per heavy atom. The summed E-state index contributed by atoms with van der Waals surface area (Å²) in [5, 5.41) is 25.5. The first-order valence-corrected chi connectivity index (χ1v) is 13.0. The van der Waals surface area contributed by atoms with Crippen LogP contribution in [0.25, 0.3) is 0 Å². The topological polar surface area (TPSA) is 189 Å². The van der Waals surface area contributed by atoms with E-state index in [1.165, 1.54) is 7.11 Å². The Morgan fingerprint density at radius 2 is 1.73 bits per heavy atom. The summed E-state index contributed by atoms with van der Waals surface area (Å²) in [7, 11) is 1.45. The SMILES string of the molecule is COc1c(C)c2c(c(O)c1CC=C(C)CC(CC(=O)NCCNC(=O)CCN1C(=O)C=CC1=O)C(=O)O)C(=O)OC2. The van der Waals surface area contributed by atoms with Crippen LogP contribution in [-0.2, 0) is 41.7 Å². The van der Waals surface area contributed by atoms with Crippen molar-refractivity contribution in [1.82, 2.24) is 15.5 Å². The molecule has 0 spiro atoms. The largest absolute Gasteiger partial charge is 0.507 e. The van der Waals surface area contributed by atoms with E-state index in [1.54, 1.807) is 19.9 Å². The molecule has 0 saturated heterocycles. The van der Waals surface area contributed by atoms with Crippen LogP contribution in [-0.4, -0.2) is 77.4 Å². The summed E-state index contributed by atoms with van der Waals surface area (Å²) in [4.78, 5) is 72.2. The molecule has 41 heavy (non-hydrogen) atoms. The number of benzene rings is 1. The first-order valence-electron chi connectivity index (χ1n) is 13.0. The number of carbonyl (C=O) groups excluding carboxylic acids is 5. The number of phenolic OH excluding ortho intramolecular Hbond substituents is 1. The van der Waals surface area contributed by atoms with Crippen molar-refractivity contribution in [3.05, 3.63) is 46.1 Å². The van der Waals surface area contributed by atoms with Crippen molar-refractivity contribution >= 4 is 35.6 Å². The molecule has 2 heterocycles. The summed E-state index contributed by atoms with van der Waals surface area (Å²) < 4.78 is 10.5. The van der Waals surface area contributed by atoms with E-state index in [4.69, 9.17) is 9.47 Å². The average molecular weight is 572 g/mol. The minimum absolute atomic E-state index is 0.0504.